The van der Waals surface area contributed by atoms with Gasteiger partial charge in [0.25, 0.3) is 0 Å². The van der Waals surface area contributed by atoms with Gasteiger partial charge in [0.05, 0.1) is 14.2 Å². The largest absolute Gasteiger partial charge is 0.493 e. The van der Waals surface area contributed by atoms with Gasteiger partial charge in [0.2, 0.25) is 0 Å². The molecule has 0 spiro atoms. The molecule has 0 N–H and O–H groups in total. The Balaban J connectivity index is 3.05. The molecule has 0 aliphatic heterocycles. The van der Waals surface area contributed by atoms with Gasteiger partial charge in [-0.05, 0) is 19.1 Å². The summed E-state index contributed by atoms with van der Waals surface area (Å²) in [6, 6.07) is 6.68. The standard InChI is InChI=1S/C12H13NO4/c1-8(7-13)17-12(14)9-5-4-6-10(15-2)11(9)16-3/h4-6,8H,1-3H3/t8-/m0/s1. The number of hydrogen-bond acceptors (Lipinski definition) is 5. The first-order valence-corrected chi connectivity index (χ1v) is 4.95. The third-order valence-corrected chi connectivity index (χ3v) is 2.09. The number of rotatable bonds is 4. The van der Waals surface area contributed by atoms with E-state index in [9.17, 15) is 4.79 Å². The lowest BCUT2D eigenvalue weighted by Crippen LogP contribution is -2.14. The normalized spacial score (nSPS) is 11.2. The average molecular weight is 235 g/mol. The number of hydrogen-bond donors (Lipinski definition) is 0. The van der Waals surface area contributed by atoms with Crippen LogP contribution in [0.4, 0.5) is 0 Å². The van der Waals surface area contributed by atoms with Crippen LogP contribution in [0.3, 0.4) is 0 Å². The second-order valence-corrected chi connectivity index (χ2v) is 3.22. The minimum Gasteiger partial charge on any atom is -0.493 e. The Bertz CT molecular complexity index is 450. The van der Waals surface area contributed by atoms with Gasteiger partial charge >= 0.3 is 5.97 Å². The molecule has 0 fully saturated rings. The van der Waals surface area contributed by atoms with Crippen LogP contribution in [0.2, 0.25) is 0 Å². The number of carbonyl (C=O) groups excluding carboxylic acids is 1. The van der Waals surface area contributed by atoms with E-state index in [-0.39, 0.29) is 5.56 Å². The van der Waals surface area contributed by atoms with Crippen molar-refractivity contribution >= 4 is 5.97 Å². The fourth-order valence-electron chi connectivity index (χ4n) is 1.30. The molecule has 0 heterocycles. The van der Waals surface area contributed by atoms with Crippen molar-refractivity contribution in [1.82, 2.24) is 0 Å². The highest BCUT2D eigenvalue weighted by atomic mass is 16.5. The predicted octanol–water partition coefficient (Wildman–Crippen LogP) is 1.77. The molecule has 0 aromatic heterocycles. The van der Waals surface area contributed by atoms with Gasteiger partial charge in [-0.2, -0.15) is 5.26 Å². The number of benzene rings is 1. The average Bonchev–Trinajstić information content (AvgIpc) is 2.37. The van der Waals surface area contributed by atoms with Gasteiger partial charge in [-0.3, -0.25) is 0 Å². The summed E-state index contributed by atoms with van der Waals surface area (Å²) in [6.07, 6.45) is -0.807. The van der Waals surface area contributed by atoms with E-state index in [4.69, 9.17) is 19.5 Å². The Morgan fingerprint density at radius 1 is 1.35 bits per heavy atom. The minimum atomic E-state index is -0.807. The van der Waals surface area contributed by atoms with Crippen molar-refractivity contribution in [2.24, 2.45) is 0 Å². The van der Waals surface area contributed by atoms with E-state index in [0.717, 1.165) is 0 Å². The molecule has 0 aliphatic rings. The Hall–Kier alpha value is -2.22. The van der Waals surface area contributed by atoms with Crippen molar-refractivity contribution in [3.63, 3.8) is 0 Å². The predicted molar refractivity (Wildman–Crippen MR) is 60.0 cm³/mol. The molecule has 0 unspecified atom stereocenters. The van der Waals surface area contributed by atoms with Crippen LogP contribution < -0.4 is 9.47 Å². The number of methoxy groups -OCH3 is 2. The van der Waals surface area contributed by atoms with E-state index < -0.39 is 12.1 Å². The zero-order valence-corrected chi connectivity index (χ0v) is 9.89. The summed E-state index contributed by atoms with van der Waals surface area (Å²) in [7, 11) is 2.91. The smallest absolute Gasteiger partial charge is 0.343 e. The fraction of sp³-hybridized carbons (Fsp3) is 0.333. The fourth-order valence-corrected chi connectivity index (χ4v) is 1.30. The Morgan fingerprint density at radius 2 is 2.06 bits per heavy atom. The zero-order valence-electron chi connectivity index (χ0n) is 9.89. The minimum absolute atomic E-state index is 0.231. The highest BCUT2D eigenvalue weighted by Crippen LogP contribution is 2.31. The van der Waals surface area contributed by atoms with Gasteiger partial charge in [0, 0.05) is 0 Å². The van der Waals surface area contributed by atoms with E-state index in [1.54, 1.807) is 18.2 Å². The van der Waals surface area contributed by atoms with Crippen LogP contribution in [0.5, 0.6) is 11.5 Å². The molecule has 17 heavy (non-hydrogen) atoms. The van der Waals surface area contributed by atoms with E-state index in [0.29, 0.717) is 11.5 Å². The summed E-state index contributed by atoms with van der Waals surface area (Å²) in [5.74, 6) is 0.117. The number of nitrogens with zero attached hydrogens (tertiary/aromatic N) is 1. The summed E-state index contributed by atoms with van der Waals surface area (Å²) in [5.41, 5.74) is 0.231. The molecule has 0 bridgehead atoms. The maximum Gasteiger partial charge on any atom is 0.343 e. The van der Waals surface area contributed by atoms with Crippen molar-refractivity contribution in [2.75, 3.05) is 14.2 Å². The molecule has 1 rings (SSSR count). The first kappa shape index (κ1) is 12.8. The first-order chi connectivity index (χ1) is 8.13. The monoisotopic (exact) mass is 235 g/mol. The Labute approximate surface area is 99.5 Å². The van der Waals surface area contributed by atoms with E-state index in [2.05, 4.69) is 0 Å². The van der Waals surface area contributed by atoms with Crippen LogP contribution >= 0.6 is 0 Å². The molecule has 0 radical (unpaired) electrons. The highest BCUT2D eigenvalue weighted by Gasteiger charge is 2.19. The molecule has 90 valence electrons. The van der Waals surface area contributed by atoms with Crippen molar-refractivity contribution in [3.8, 4) is 17.6 Å². The van der Waals surface area contributed by atoms with Crippen molar-refractivity contribution in [3.05, 3.63) is 23.8 Å². The number of esters is 1. The molecule has 0 aliphatic carbocycles. The molecular formula is C12H13NO4. The maximum atomic E-state index is 11.8. The summed E-state index contributed by atoms with van der Waals surface area (Å²) in [5, 5.41) is 8.57. The van der Waals surface area contributed by atoms with Crippen molar-refractivity contribution in [1.29, 1.82) is 5.26 Å². The van der Waals surface area contributed by atoms with Gasteiger partial charge in [0.1, 0.15) is 11.6 Å². The quantitative estimate of drug-likeness (QED) is 0.744. The lowest BCUT2D eigenvalue weighted by molar-refractivity contribution is 0.0431. The number of nitriles is 1. The van der Waals surface area contributed by atoms with Crippen LogP contribution in [-0.2, 0) is 4.74 Å². The second kappa shape index (κ2) is 5.75. The highest BCUT2D eigenvalue weighted by molar-refractivity contribution is 5.93. The number of ether oxygens (including phenoxy) is 3. The van der Waals surface area contributed by atoms with E-state index in [1.165, 1.54) is 21.1 Å². The SMILES string of the molecule is COc1cccc(C(=O)O[C@@H](C)C#N)c1OC. The molecular weight excluding hydrogens is 222 g/mol. The number of para-hydroxylation sites is 1. The van der Waals surface area contributed by atoms with Crippen LogP contribution in [-0.4, -0.2) is 26.3 Å². The van der Waals surface area contributed by atoms with Crippen LogP contribution in [0.15, 0.2) is 18.2 Å². The molecule has 0 saturated heterocycles. The maximum absolute atomic E-state index is 11.8. The lowest BCUT2D eigenvalue weighted by Gasteiger charge is -2.12. The van der Waals surface area contributed by atoms with Gasteiger partial charge in [0.15, 0.2) is 17.6 Å². The van der Waals surface area contributed by atoms with E-state index >= 15 is 0 Å². The Morgan fingerprint density at radius 3 is 2.59 bits per heavy atom. The molecule has 5 nitrogen and oxygen atoms in total. The molecule has 1 aromatic carbocycles. The molecule has 5 heteroatoms. The Kier molecular flexibility index (Phi) is 4.35. The van der Waals surface area contributed by atoms with Crippen molar-refractivity contribution < 1.29 is 19.0 Å². The molecule has 0 saturated carbocycles. The van der Waals surface area contributed by atoms with Gasteiger partial charge < -0.3 is 14.2 Å². The summed E-state index contributed by atoms with van der Waals surface area (Å²) >= 11 is 0. The first-order valence-electron chi connectivity index (χ1n) is 4.95. The zero-order chi connectivity index (χ0) is 12.8. The van der Waals surface area contributed by atoms with Gasteiger partial charge in [-0.15, -0.1) is 0 Å². The van der Waals surface area contributed by atoms with Gasteiger partial charge in [-0.1, -0.05) is 6.07 Å². The van der Waals surface area contributed by atoms with Crippen LogP contribution in [0.1, 0.15) is 17.3 Å². The lowest BCUT2D eigenvalue weighted by atomic mass is 10.2. The summed E-state index contributed by atoms with van der Waals surface area (Å²) < 4.78 is 15.0. The van der Waals surface area contributed by atoms with Crippen LogP contribution in [0, 0.1) is 11.3 Å². The molecule has 1 aromatic rings. The number of carbonyl (C=O) groups is 1. The van der Waals surface area contributed by atoms with Crippen LogP contribution in [0.25, 0.3) is 0 Å². The molecule has 1 atom stereocenters. The van der Waals surface area contributed by atoms with Crippen molar-refractivity contribution in [2.45, 2.75) is 13.0 Å². The second-order valence-electron chi connectivity index (χ2n) is 3.22. The third kappa shape index (κ3) is 2.88. The van der Waals surface area contributed by atoms with Gasteiger partial charge in [-0.25, -0.2) is 4.79 Å². The topological polar surface area (TPSA) is 68.5 Å². The summed E-state index contributed by atoms with van der Waals surface area (Å²) in [4.78, 5) is 11.8. The summed E-state index contributed by atoms with van der Waals surface area (Å²) in [6.45, 7) is 1.49. The molecule has 0 amide bonds. The van der Waals surface area contributed by atoms with E-state index in [1.807, 2.05) is 6.07 Å². The third-order valence-electron chi connectivity index (χ3n) is 2.09.